The molecule has 0 saturated carbocycles. The monoisotopic (exact) mass is 453 g/mol. The normalized spacial score (nSPS) is 11.2. The first kappa shape index (κ1) is 22.8. The van der Waals surface area contributed by atoms with Gasteiger partial charge in [0.05, 0.1) is 31.0 Å². The van der Waals surface area contributed by atoms with Crippen molar-refractivity contribution in [2.24, 2.45) is 5.10 Å². The molecule has 0 aromatic heterocycles. The van der Waals surface area contributed by atoms with Crippen molar-refractivity contribution in [1.82, 2.24) is 5.43 Å². The first-order valence-corrected chi connectivity index (χ1v) is 11.0. The Morgan fingerprint density at radius 1 is 0.969 bits per heavy atom. The van der Waals surface area contributed by atoms with E-state index in [0.29, 0.717) is 28.3 Å². The maximum Gasteiger partial charge on any atom is 0.271 e. The van der Waals surface area contributed by atoms with Crippen molar-refractivity contribution in [3.63, 3.8) is 0 Å². The summed E-state index contributed by atoms with van der Waals surface area (Å²) in [5.41, 5.74) is 3.83. The molecule has 0 heterocycles. The topological polar surface area (TPSA) is 97.3 Å². The Kier molecular flexibility index (Phi) is 7.11. The molecule has 3 aromatic rings. The van der Waals surface area contributed by atoms with Gasteiger partial charge in [0, 0.05) is 18.2 Å². The predicted octanol–water partition coefficient (Wildman–Crippen LogP) is 3.29. The molecule has 0 spiro atoms. The molecule has 9 heteroatoms. The number of carbonyl (C=O) groups excluding carboxylic acids is 1. The molecule has 1 amide bonds. The quantitative estimate of drug-likeness (QED) is 0.417. The Labute approximate surface area is 187 Å². The Balaban J connectivity index is 1.70. The fourth-order valence-corrected chi connectivity index (χ4v) is 4.09. The van der Waals surface area contributed by atoms with E-state index in [1.54, 1.807) is 55.6 Å². The van der Waals surface area contributed by atoms with Crippen LogP contribution in [0, 0.1) is 0 Å². The third-order valence-electron chi connectivity index (χ3n) is 4.70. The van der Waals surface area contributed by atoms with E-state index in [1.165, 1.54) is 44.6 Å². The lowest BCUT2D eigenvalue weighted by Crippen LogP contribution is -2.26. The lowest BCUT2D eigenvalue weighted by atomic mass is 10.2. The molecular formula is C23H23N3O5S. The number of ether oxygens (including phenoxy) is 2. The zero-order chi connectivity index (χ0) is 23.1. The molecule has 3 rings (SSSR count). The molecule has 0 atom stereocenters. The molecule has 3 aromatic carbocycles. The SMILES string of the molecule is COc1ccc(OC)c(/C=N/NC(=O)c2ccc(N(C)S(=O)(=O)c3ccccc3)cc2)c1. The Bertz CT molecular complexity index is 1210. The maximum atomic E-state index is 12.7. The number of nitrogens with one attached hydrogen (secondary N) is 1. The van der Waals surface area contributed by atoms with Gasteiger partial charge in [-0.05, 0) is 54.6 Å². The van der Waals surface area contributed by atoms with Crippen molar-refractivity contribution < 1.29 is 22.7 Å². The van der Waals surface area contributed by atoms with Gasteiger partial charge in [0.15, 0.2) is 0 Å². The van der Waals surface area contributed by atoms with Crippen LogP contribution in [-0.4, -0.2) is 41.8 Å². The highest BCUT2D eigenvalue weighted by molar-refractivity contribution is 7.92. The fourth-order valence-electron chi connectivity index (χ4n) is 2.88. The number of sulfonamides is 1. The lowest BCUT2D eigenvalue weighted by molar-refractivity contribution is 0.0955. The molecule has 166 valence electrons. The number of anilines is 1. The lowest BCUT2D eigenvalue weighted by Gasteiger charge is -2.19. The third-order valence-corrected chi connectivity index (χ3v) is 6.50. The van der Waals surface area contributed by atoms with Crippen molar-refractivity contribution >= 4 is 27.8 Å². The van der Waals surface area contributed by atoms with Crippen LogP contribution in [0.15, 0.2) is 82.8 Å². The van der Waals surface area contributed by atoms with Gasteiger partial charge in [-0.3, -0.25) is 9.10 Å². The van der Waals surface area contributed by atoms with E-state index >= 15 is 0 Å². The van der Waals surface area contributed by atoms with Gasteiger partial charge in [0.25, 0.3) is 15.9 Å². The minimum absolute atomic E-state index is 0.187. The van der Waals surface area contributed by atoms with E-state index in [1.807, 2.05) is 0 Å². The van der Waals surface area contributed by atoms with E-state index in [4.69, 9.17) is 9.47 Å². The summed E-state index contributed by atoms with van der Waals surface area (Å²) in [7, 11) is 0.855. The van der Waals surface area contributed by atoms with Crippen LogP contribution in [0.25, 0.3) is 0 Å². The first-order valence-electron chi connectivity index (χ1n) is 9.56. The average Bonchev–Trinajstić information content (AvgIpc) is 2.84. The van der Waals surface area contributed by atoms with Crippen LogP contribution in [0.5, 0.6) is 11.5 Å². The van der Waals surface area contributed by atoms with Crippen molar-refractivity contribution in [2.45, 2.75) is 4.90 Å². The Morgan fingerprint density at radius 2 is 1.66 bits per heavy atom. The zero-order valence-corrected chi connectivity index (χ0v) is 18.7. The summed E-state index contributed by atoms with van der Waals surface area (Å²) in [6.07, 6.45) is 1.45. The minimum atomic E-state index is -3.70. The smallest absolute Gasteiger partial charge is 0.271 e. The van der Waals surface area contributed by atoms with Crippen LogP contribution in [-0.2, 0) is 10.0 Å². The van der Waals surface area contributed by atoms with E-state index in [9.17, 15) is 13.2 Å². The van der Waals surface area contributed by atoms with E-state index < -0.39 is 15.9 Å². The summed E-state index contributed by atoms with van der Waals surface area (Å²) in [5.74, 6) is 0.766. The molecule has 0 unspecified atom stereocenters. The predicted molar refractivity (Wildman–Crippen MR) is 123 cm³/mol. The van der Waals surface area contributed by atoms with Gasteiger partial charge in [-0.2, -0.15) is 5.10 Å². The molecule has 0 bridgehead atoms. The van der Waals surface area contributed by atoms with Crippen LogP contribution in [0.3, 0.4) is 0 Å². The van der Waals surface area contributed by atoms with E-state index in [0.717, 1.165) is 4.31 Å². The van der Waals surface area contributed by atoms with Crippen molar-refractivity contribution in [3.8, 4) is 11.5 Å². The molecule has 0 aliphatic heterocycles. The summed E-state index contributed by atoms with van der Waals surface area (Å²) < 4.78 is 37.1. The molecule has 0 saturated heterocycles. The highest BCUT2D eigenvalue weighted by atomic mass is 32.2. The van der Waals surface area contributed by atoms with Crippen LogP contribution in [0.2, 0.25) is 0 Å². The average molecular weight is 454 g/mol. The third kappa shape index (κ3) is 5.06. The highest BCUT2D eigenvalue weighted by Crippen LogP contribution is 2.23. The maximum absolute atomic E-state index is 12.7. The Morgan fingerprint density at radius 3 is 2.28 bits per heavy atom. The number of carbonyl (C=O) groups is 1. The molecule has 0 fully saturated rings. The molecule has 8 nitrogen and oxygen atoms in total. The highest BCUT2D eigenvalue weighted by Gasteiger charge is 2.21. The second kappa shape index (κ2) is 9.97. The largest absolute Gasteiger partial charge is 0.497 e. The second-order valence-electron chi connectivity index (χ2n) is 6.64. The molecule has 32 heavy (non-hydrogen) atoms. The first-order chi connectivity index (χ1) is 15.4. The summed E-state index contributed by atoms with van der Waals surface area (Å²) in [6.45, 7) is 0. The van der Waals surface area contributed by atoms with Crippen molar-refractivity contribution in [2.75, 3.05) is 25.6 Å². The Hall–Kier alpha value is -3.85. The van der Waals surface area contributed by atoms with Gasteiger partial charge in [-0.1, -0.05) is 18.2 Å². The minimum Gasteiger partial charge on any atom is -0.497 e. The van der Waals surface area contributed by atoms with Gasteiger partial charge in [0.1, 0.15) is 11.5 Å². The van der Waals surface area contributed by atoms with Crippen molar-refractivity contribution in [3.05, 3.63) is 83.9 Å². The van der Waals surface area contributed by atoms with E-state index in [-0.39, 0.29) is 4.90 Å². The zero-order valence-electron chi connectivity index (χ0n) is 17.8. The number of hydrazone groups is 1. The summed E-state index contributed by atoms with van der Waals surface area (Å²) in [4.78, 5) is 12.6. The molecule has 0 radical (unpaired) electrons. The molecule has 1 N–H and O–H groups in total. The van der Waals surface area contributed by atoms with Crippen LogP contribution >= 0.6 is 0 Å². The number of hydrogen-bond acceptors (Lipinski definition) is 6. The van der Waals surface area contributed by atoms with E-state index in [2.05, 4.69) is 10.5 Å². The van der Waals surface area contributed by atoms with Gasteiger partial charge in [0.2, 0.25) is 0 Å². The molecule has 0 aliphatic rings. The number of benzene rings is 3. The standard InChI is InChI=1S/C23H23N3O5S/c1-26(32(28,29)21-7-5-4-6-8-21)19-11-9-17(10-12-19)23(27)25-24-16-18-15-20(30-2)13-14-22(18)31-3/h4-16H,1-3H3,(H,25,27)/b24-16+. The second-order valence-corrected chi connectivity index (χ2v) is 8.61. The van der Waals surface area contributed by atoms with Crippen LogP contribution < -0.4 is 19.2 Å². The van der Waals surface area contributed by atoms with Gasteiger partial charge in [-0.25, -0.2) is 13.8 Å². The number of methoxy groups -OCH3 is 2. The number of hydrogen-bond donors (Lipinski definition) is 1. The number of amides is 1. The van der Waals surface area contributed by atoms with Gasteiger partial charge < -0.3 is 9.47 Å². The molecular weight excluding hydrogens is 430 g/mol. The van der Waals surface area contributed by atoms with Crippen molar-refractivity contribution in [1.29, 1.82) is 0 Å². The van der Waals surface area contributed by atoms with Gasteiger partial charge >= 0.3 is 0 Å². The van der Waals surface area contributed by atoms with Crippen LogP contribution in [0.4, 0.5) is 5.69 Å². The van der Waals surface area contributed by atoms with Gasteiger partial charge in [-0.15, -0.1) is 0 Å². The molecule has 0 aliphatic carbocycles. The number of rotatable bonds is 8. The summed E-state index contributed by atoms with van der Waals surface area (Å²) in [6, 6.07) is 19.5. The summed E-state index contributed by atoms with van der Waals surface area (Å²) >= 11 is 0. The van der Waals surface area contributed by atoms with Crippen LogP contribution in [0.1, 0.15) is 15.9 Å². The fraction of sp³-hybridized carbons (Fsp3) is 0.130. The summed E-state index contributed by atoms with van der Waals surface area (Å²) in [5, 5.41) is 3.97. The number of nitrogens with zero attached hydrogens (tertiary/aromatic N) is 2.